The van der Waals surface area contributed by atoms with Crippen LogP contribution in [0.4, 0.5) is 0 Å². The largest absolute Gasteiger partial charge is 0.370 e. The van der Waals surface area contributed by atoms with Crippen LogP contribution in [0.3, 0.4) is 0 Å². The van der Waals surface area contributed by atoms with Crippen molar-refractivity contribution >= 4 is 0 Å². The number of nitrogens with zero attached hydrogens (tertiary/aromatic N) is 3. The highest BCUT2D eigenvalue weighted by molar-refractivity contribution is 5.58. The molecule has 1 aromatic heterocycles. The molecular weight excluding hydrogens is 290 g/mol. The van der Waals surface area contributed by atoms with Gasteiger partial charge in [0.25, 0.3) is 5.56 Å². The molecule has 0 bridgehead atoms. The van der Waals surface area contributed by atoms with Crippen LogP contribution in [-0.4, -0.2) is 54.2 Å². The van der Waals surface area contributed by atoms with Gasteiger partial charge in [-0.2, -0.15) is 5.10 Å². The van der Waals surface area contributed by atoms with E-state index in [2.05, 4.69) is 12.1 Å². The van der Waals surface area contributed by atoms with Crippen molar-refractivity contribution in [1.29, 1.82) is 0 Å². The molecule has 1 aromatic carbocycles. The summed E-state index contributed by atoms with van der Waals surface area (Å²) in [6.45, 7) is 6.96. The molecule has 122 valence electrons. The second kappa shape index (κ2) is 6.64. The molecule has 5 heteroatoms. The molecule has 2 heterocycles. The van der Waals surface area contributed by atoms with Gasteiger partial charge in [0, 0.05) is 11.1 Å². The molecule has 1 fully saturated rings. The summed E-state index contributed by atoms with van der Waals surface area (Å²) in [4.78, 5) is 12.4. The van der Waals surface area contributed by atoms with Crippen molar-refractivity contribution in [2.24, 2.45) is 0 Å². The molecule has 1 saturated heterocycles. The smallest absolute Gasteiger partial charge is 0.269 e. The van der Waals surface area contributed by atoms with E-state index in [1.54, 1.807) is 4.68 Å². The monoisotopic (exact) mass is 314 g/mol. The number of hydrogen-bond donors (Lipinski definition) is 0. The zero-order valence-electron chi connectivity index (χ0n) is 13.9. The van der Waals surface area contributed by atoms with Crippen LogP contribution < -0.4 is 5.56 Å². The first-order valence-electron chi connectivity index (χ1n) is 8.13. The number of benzene rings is 1. The molecule has 0 N–H and O–H groups in total. The van der Waals surface area contributed by atoms with E-state index in [0.29, 0.717) is 6.54 Å². The van der Waals surface area contributed by atoms with Gasteiger partial charge in [-0.3, -0.25) is 4.79 Å². The SMILES string of the molecule is Cc1cc(-c2ccccc2)nn(CC[N+]2(C)CCOCC2)c1=O. The number of quaternary nitrogens is 1. The van der Waals surface area contributed by atoms with E-state index in [1.165, 1.54) is 0 Å². The second-order valence-corrected chi connectivity index (χ2v) is 6.51. The highest BCUT2D eigenvalue weighted by Gasteiger charge is 2.25. The molecule has 0 spiro atoms. The normalized spacial score (nSPS) is 17.1. The standard InChI is InChI=1S/C18H24N3O2/c1-15-14-17(16-6-4-3-5-7-16)19-20(18(15)22)8-9-21(2)10-12-23-13-11-21/h3-7,14H,8-13H2,1-2H3/q+1. The average molecular weight is 314 g/mol. The molecule has 0 aliphatic carbocycles. The summed E-state index contributed by atoms with van der Waals surface area (Å²) in [5.74, 6) is 0. The third-order valence-electron chi connectivity index (χ3n) is 4.63. The molecule has 0 unspecified atom stereocenters. The summed E-state index contributed by atoms with van der Waals surface area (Å²) in [5, 5.41) is 4.58. The van der Waals surface area contributed by atoms with Crippen molar-refractivity contribution in [3.8, 4) is 11.3 Å². The molecule has 3 rings (SSSR count). The van der Waals surface area contributed by atoms with E-state index < -0.39 is 0 Å². The first-order chi connectivity index (χ1) is 11.1. The summed E-state index contributed by atoms with van der Waals surface area (Å²) < 4.78 is 7.99. The van der Waals surface area contributed by atoms with Gasteiger partial charge in [-0.15, -0.1) is 0 Å². The summed E-state index contributed by atoms with van der Waals surface area (Å²) in [6.07, 6.45) is 0. The Balaban J connectivity index is 1.84. The molecule has 2 aromatic rings. The van der Waals surface area contributed by atoms with Crippen LogP contribution in [0.5, 0.6) is 0 Å². The molecule has 0 atom stereocenters. The Labute approximate surface area is 136 Å². The number of rotatable bonds is 4. The van der Waals surface area contributed by atoms with Crippen LogP contribution in [-0.2, 0) is 11.3 Å². The van der Waals surface area contributed by atoms with Crippen molar-refractivity contribution < 1.29 is 9.22 Å². The van der Waals surface area contributed by atoms with Gasteiger partial charge in [-0.05, 0) is 13.0 Å². The Morgan fingerprint density at radius 1 is 1.22 bits per heavy atom. The number of aromatic nitrogens is 2. The fourth-order valence-electron chi connectivity index (χ4n) is 2.92. The van der Waals surface area contributed by atoms with Gasteiger partial charge in [0.05, 0.1) is 39.0 Å². The maximum absolute atomic E-state index is 12.4. The van der Waals surface area contributed by atoms with Gasteiger partial charge in [-0.1, -0.05) is 30.3 Å². The van der Waals surface area contributed by atoms with Crippen LogP contribution in [0, 0.1) is 6.92 Å². The molecule has 5 nitrogen and oxygen atoms in total. The van der Waals surface area contributed by atoms with Crippen molar-refractivity contribution in [2.45, 2.75) is 13.5 Å². The molecule has 23 heavy (non-hydrogen) atoms. The van der Waals surface area contributed by atoms with Crippen LogP contribution >= 0.6 is 0 Å². The lowest BCUT2D eigenvalue weighted by molar-refractivity contribution is -0.917. The van der Waals surface area contributed by atoms with Crippen molar-refractivity contribution in [1.82, 2.24) is 9.78 Å². The maximum Gasteiger partial charge on any atom is 0.269 e. The quantitative estimate of drug-likeness (QED) is 0.807. The van der Waals surface area contributed by atoms with Crippen molar-refractivity contribution in [3.63, 3.8) is 0 Å². The van der Waals surface area contributed by atoms with Crippen molar-refractivity contribution in [3.05, 3.63) is 52.3 Å². The third kappa shape index (κ3) is 3.68. The van der Waals surface area contributed by atoms with E-state index >= 15 is 0 Å². The van der Waals surface area contributed by atoms with E-state index in [9.17, 15) is 4.79 Å². The van der Waals surface area contributed by atoms with E-state index in [-0.39, 0.29) is 5.56 Å². The fraction of sp³-hybridized carbons (Fsp3) is 0.444. The topological polar surface area (TPSA) is 44.1 Å². The first kappa shape index (κ1) is 15.9. The molecule has 0 saturated carbocycles. The van der Waals surface area contributed by atoms with Gasteiger partial charge >= 0.3 is 0 Å². The number of ether oxygens (including phenoxy) is 1. The molecule has 1 aliphatic rings. The Bertz CT molecular complexity index is 719. The van der Waals surface area contributed by atoms with Crippen LogP contribution in [0.1, 0.15) is 5.56 Å². The van der Waals surface area contributed by atoms with E-state index in [1.807, 2.05) is 43.3 Å². The van der Waals surface area contributed by atoms with Crippen LogP contribution in [0.25, 0.3) is 11.3 Å². The summed E-state index contributed by atoms with van der Waals surface area (Å²) >= 11 is 0. The summed E-state index contributed by atoms with van der Waals surface area (Å²) in [7, 11) is 2.22. The minimum atomic E-state index is 0.00420. The maximum atomic E-state index is 12.4. The fourth-order valence-corrected chi connectivity index (χ4v) is 2.92. The average Bonchev–Trinajstić information content (AvgIpc) is 2.57. The molecule has 0 amide bonds. The van der Waals surface area contributed by atoms with Gasteiger partial charge < -0.3 is 9.22 Å². The molecule has 0 radical (unpaired) electrons. The highest BCUT2D eigenvalue weighted by Crippen LogP contribution is 2.15. The number of morpholine rings is 1. The van der Waals surface area contributed by atoms with Crippen LogP contribution in [0.15, 0.2) is 41.2 Å². The number of likely N-dealkylation sites (N-methyl/N-ethyl adjacent to an activating group) is 1. The Kier molecular flexibility index (Phi) is 4.59. The van der Waals surface area contributed by atoms with E-state index in [4.69, 9.17) is 4.74 Å². The zero-order valence-corrected chi connectivity index (χ0v) is 13.9. The molecule has 1 aliphatic heterocycles. The zero-order chi connectivity index (χ0) is 16.3. The lowest BCUT2D eigenvalue weighted by Gasteiger charge is -2.37. The summed E-state index contributed by atoms with van der Waals surface area (Å²) in [5.41, 5.74) is 2.64. The number of aryl methyl sites for hydroxylation is 1. The lowest BCUT2D eigenvalue weighted by Crippen LogP contribution is -2.53. The van der Waals surface area contributed by atoms with Gasteiger partial charge in [0.2, 0.25) is 0 Å². The van der Waals surface area contributed by atoms with E-state index in [0.717, 1.165) is 54.2 Å². The third-order valence-corrected chi connectivity index (χ3v) is 4.63. The Morgan fingerprint density at radius 3 is 2.61 bits per heavy atom. The van der Waals surface area contributed by atoms with Gasteiger partial charge in [0.1, 0.15) is 13.1 Å². The Hall–Kier alpha value is -1.98. The van der Waals surface area contributed by atoms with Gasteiger partial charge in [-0.25, -0.2) is 4.68 Å². The lowest BCUT2D eigenvalue weighted by atomic mass is 10.1. The molecular formula is C18H24N3O2+. The van der Waals surface area contributed by atoms with Crippen LogP contribution in [0.2, 0.25) is 0 Å². The highest BCUT2D eigenvalue weighted by atomic mass is 16.5. The van der Waals surface area contributed by atoms with Crippen molar-refractivity contribution in [2.75, 3.05) is 39.9 Å². The summed E-state index contributed by atoms with van der Waals surface area (Å²) in [6, 6.07) is 11.9. The second-order valence-electron chi connectivity index (χ2n) is 6.51. The van der Waals surface area contributed by atoms with Gasteiger partial charge in [0.15, 0.2) is 0 Å². The minimum Gasteiger partial charge on any atom is -0.370 e. The number of hydrogen-bond acceptors (Lipinski definition) is 3. The predicted octanol–water partition coefficient (Wildman–Crippen LogP) is 1.70. The predicted molar refractivity (Wildman–Crippen MR) is 90.3 cm³/mol. The first-order valence-corrected chi connectivity index (χ1v) is 8.13. The Morgan fingerprint density at radius 2 is 1.91 bits per heavy atom. The minimum absolute atomic E-state index is 0.00420.